The number of alkyl halides is 4. The van der Waals surface area contributed by atoms with Gasteiger partial charge in [0.1, 0.15) is 17.8 Å². The molecule has 3 aromatic rings. The Morgan fingerprint density at radius 1 is 1.37 bits per heavy atom. The first-order valence-corrected chi connectivity index (χ1v) is 12.3. The van der Waals surface area contributed by atoms with Crippen LogP contribution in [0.5, 0.6) is 0 Å². The number of hydrogen-bond acceptors (Lipinski definition) is 9. The Morgan fingerprint density at radius 3 is 2.86 bits per heavy atom. The van der Waals surface area contributed by atoms with Crippen LogP contribution in [-0.2, 0) is 9.53 Å². The summed E-state index contributed by atoms with van der Waals surface area (Å²) in [6, 6.07) is 3.55. The maximum atomic E-state index is 14.3. The predicted octanol–water partition coefficient (Wildman–Crippen LogP) is 4.41. The minimum atomic E-state index is -4.58. The largest absolute Gasteiger partial charge is 0.446 e. The Hall–Kier alpha value is -2.42. The second-order valence-corrected chi connectivity index (χ2v) is 10.7. The van der Waals surface area contributed by atoms with Gasteiger partial charge in [0, 0.05) is 23.3 Å². The highest BCUT2D eigenvalue weighted by atomic mass is 32.2. The number of fused-ring (bicyclic) bond motifs is 1. The molecule has 2 aliphatic heterocycles. The van der Waals surface area contributed by atoms with Gasteiger partial charge in [0.15, 0.2) is 0 Å². The number of aromatic nitrogens is 2. The highest BCUT2D eigenvalue weighted by Gasteiger charge is 2.44. The third-order valence-corrected chi connectivity index (χ3v) is 8.08. The number of carbonyl (C=O) groups excluding carboxylic acids is 1. The number of ether oxygens (including phenoxy) is 1. The van der Waals surface area contributed by atoms with Crippen molar-refractivity contribution in [3.8, 4) is 10.7 Å². The molecule has 4 atom stereocenters. The molecule has 4 heterocycles. The molecule has 1 amide bonds. The first kappa shape index (κ1) is 24.3. The second kappa shape index (κ2) is 8.91. The van der Waals surface area contributed by atoms with Gasteiger partial charge in [0.05, 0.1) is 27.9 Å². The lowest BCUT2D eigenvalue weighted by molar-refractivity contribution is -0.133. The van der Waals surface area contributed by atoms with Crippen LogP contribution in [0.15, 0.2) is 27.6 Å². The number of nitrogens with one attached hydrogen (secondary N) is 2. The van der Waals surface area contributed by atoms with E-state index in [2.05, 4.69) is 20.8 Å². The maximum absolute atomic E-state index is 14.3. The number of thiophene rings is 1. The maximum Gasteiger partial charge on any atom is 0.446 e. The van der Waals surface area contributed by atoms with E-state index < -0.39 is 35.3 Å². The van der Waals surface area contributed by atoms with E-state index in [1.165, 1.54) is 6.92 Å². The average Bonchev–Trinajstić information content (AvgIpc) is 3.46. The Labute approximate surface area is 204 Å². The minimum absolute atomic E-state index is 0.0202. The number of halogens is 4. The molecule has 0 unspecified atom stereocenters. The molecule has 0 bridgehead atoms. The molecule has 2 saturated heterocycles. The zero-order valence-electron chi connectivity index (χ0n) is 18.2. The summed E-state index contributed by atoms with van der Waals surface area (Å²) in [5.41, 5.74) is -5.70. The lowest BCUT2D eigenvalue weighted by Crippen LogP contribution is -2.39. The molecule has 2 aliphatic rings. The lowest BCUT2D eigenvalue weighted by Gasteiger charge is -2.27. The Morgan fingerprint density at radius 2 is 2.17 bits per heavy atom. The number of carbonyl (C=O) groups is 1. The monoisotopic (exact) mass is 532 g/mol. The molecule has 14 heteroatoms. The summed E-state index contributed by atoms with van der Waals surface area (Å²) >= 11 is 0.744. The summed E-state index contributed by atoms with van der Waals surface area (Å²) in [5, 5.41) is 19.9. The van der Waals surface area contributed by atoms with Crippen LogP contribution in [0, 0.1) is 0 Å². The molecule has 5 rings (SSSR count). The number of thioether (sulfide) groups is 1. The summed E-state index contributed by atoms with van der Waals surface area (Å²) in [4.78, 5) is 16.2. The van der Waals surface area contributed by atoms with E-state index >= 15 is 0 Å². The summed E-state index contributed by atoms with van der Waals surface area (Å²) in [6.45, 7) is 1.68. The van der Waals surface area contributed by atoms with E-state index in [9.17, 15) is 27.5 Å². The topological polar surface area (TPSA) is 110 Å². The number of aliphatic hydroxyl groups is 1. The number of rotatable bonds is 5. The molecule has 8 nitrogen and oxygen atoms in total. The van der Waals surface area contributed by atoms with Gasteiger partial charge in [0.25, 0.3) is 5.91 Å². The first-order chi connectivity index (χ1) is 16.5. The van der Waals surface area contributed by atoms with Gasteiger partial charge >= 0.3 is 5.51 Å². The van der Waals surface area contributed by atoms with Crippen LogP contribution in [0.4, 0.5) is 23.2 Å². The Bertz CT molecular complexity index is 1260. The van der Waals surface area contributed by atoms with Crippen LogP contribution < -0.4 is 10.6 Å². The molecular formula is C21H20F4N4O4S2. The zero-order chi connectivity index (χ0) is 25.0. The van der Waals surface area contributed by atoms with Crippen molar-refractivity contribution in [3.63, 3.8) is 0 Å². The van der Waals surface area contributed by atoms with Crippen molar-refractivity contribution in [1.29, 1.82) is 0 Å². The second-order valence-electron chi connectivity index (χ2n) is 8.58. The van der Waals surface area contributed by atoms with Crippen LogP contribution in [0.25, 0.3) is 20.8 Å². The van der Waals surface area contributed by atoms with E-state index in [1.807, 2.05) is 0 Å². The number of nitrogens with zero attached hydrogens (tertiary/aromatic N) is 2. The number of hydrogen-bond donors (Lipinski definition) is 3. The average molecular weight is 533 g/mol. The fraction of sp³-hybridized carbons (Fsp3) is 0.476. The van der Waals surface area contributed by atoms with E-state index in [-0.39, 0.29) is 46.3 Å². The molecule has 0 aliphatic carbocycles. The third kappa shape index (κ3) is 4.84. The van der Waals surface area contributed by atoms with E-state index in [0.29, 0.717) is 28.8 Å². The van der Waals surface area contributed by atoms with Gasteiger partial charge in [0.2, 0.25) is 11.7 Å². The summed E-state index contributed by atoms with van der Waals surface area (Å²) in [7, 11) is 0. The normalized spacial score (nSPS) is 27.4. The Balaban J connectivity index is 1.54. The van der Waals surface area contributed by atoms with Crippen LogP contribution in [0.1, 0.15) is 31.7 Å². The Kier molecular flexibility index (Phi) is 6.18. The lowest BCUT2D eigenvalue weighted by atomic mass is 10.0. The smallest absolute Gasteiger partial charge is 0.380 e. The number of benzene rings is 1. The highest BCUT2D eigenvalue weighted by molar-refractivity contribution is 8.00. The quantitative estimate of drug-likeness (QED) is 0.328. The van der Waals surface area contributed by atoms with Gasteiger partial charge < -0.3 is 25.0 Å². The highest BCUT2D eigenvalue weighted by Crippen LogP contribution is 2.51. The van der Waals surface area contributed by atoms with Crippen LogP contribution in [-0.4, -0.2) is 57.7 Å². The van der Waals surface area contributed by atoms with Gasteiger partial charge in [-0.25, -0.2) is 4.39 Å². The molecule has 2 aromatic heterocycles. The van der Waals surface area contributed by atoms with E-state index in [1.54, 1.807) is 18.2 Å². The molecular weight excluding hydrogens is 512 g/mol. The summed E-state index contributed by atoms with van der Waals surface area (Å²) in [6.07, 6.45) is -0.848. The number of anilines is 1. The van der Waals surface area contributed by atoms with Crippen molar-refractivity contribution in [2.75, 3.05) is 18.5 Å². The van der Waals surface area contributed by atoms with Gasteiger partial charge in [-0.15, -0.1) is 11.3 Å². The molecule has 188 valence electrons. The van der Waals surface area contributed by atoms with Gasteiger partial charge in [-0.3, -0.25) is 4.79 Å². The standard InChI is InChI=1S/C21H20F4N4O4S2/c1-20(31)7-13(27-19(20)30)18-28-17(29-33-18)16-15(35-21(23,24)25)9-3-2-4-12(14(9)34-16)26-11-5-6-32-8-10(11)22/h2-4,10-11,13,26,31H,5-8H2,1H3,(H,27,30)/t10-,11+,13+,20-/m0/s1. The van der Waals surface area contributed by atoms with Crippen molar-refractivity contribution in [1.82, 2.24) is 15.5 Å². The molecule has 1 aromatic carbocycles. The molecule has 0 radical (unpaired) electrons. The molecule has 3 N–H and O–H groups in total. The van der Waals surface area contributed by atoms with Crippen molar-refractivity contribution < 1.29 is 36.7 Å². The minimum Gasteiger partial charge on any atom is -0.380 e. The van der Waals surface area contributed by atoms with Gasteiger partial charge in [-0.1, -0.05) is 17.3 Å². The molecule has 0 spiro atoms. The number of amides is 1. The van der Waals surface area contributed by atoms with Crippen LogP contribution in [0.2, 0.25) is 0 Å². The molecule has 35 heavy (non-hydrogen) atoms. The summed E-state index contributed by atoms with van der Waals surface area (Å²) < 4.78 is 65.7. The van der Waals surface area contributed by atoms with Crippen molar-refractivity contribution in [3.05, 3.63) is 24.1 Å². The van der Waals surface area contributed by atoms with Crippen molar-refractivity contribution in [2.45, 2.75) is 54.0 Å². The van der Waals surface area contributed by atoms with Gasteiger partial charge in [-0.05, 0) is 31.2 Å². The fourth-order valence-corrected chi connectivity index (χ4v) is 6.22. The van der Waals surface area contributed by atoms with Crippen LogP contribution in [0.3, 0.4) is 0 Å². The first-order valence-electron chi connectivity index (χ1n) is 10.7. The fourth-order valence-electron chi connectivity index (χ4n) is 4.11. The molecule has 0 saturated carbocycles. The predicted molar refractivity (Wildman–Crippen MR) is 121 cm³/mol. The van der Waals surface area contributed by atoms with Gasteiger partial charge in [-0.2, -0.15) is 18.2 Å². The summed E-state index contributed by atoms with van der Waals surface area (Å²) in [5.74, 6) is -0.700. The SMILES string of the molecule is C[C@]1(O)C[C@H](c2nc(-c3sc4c(N[C@@H]5CCOC[C@@H]5F)cccc4c3SC(F)(F)F)no2)NC1=O. The third-order valence-electron chi connectivity index (χ3n) is 5.85. The zero-order valence-corrected chi connectivity index (χ0v) is 19.8. The van der Waals surface area contributed by atoms with Crippen molar-refractivity contribution >= 4 is 44.8 Å². The van der Waals surface area contributed by atoms with E-state index in [0.717, 1.165) is 11.3 Å². The van der Waals surface area contributed by atoms with Crippen LogP contribution >= 0.6 is 23.1 Å². The molecule has 2 fully saturated rings. The van der Waals surface area contributed by atoms with Crippen molar-refractivity contribution in [2.24, 2.45) is 0 Å². The van der Waals surface area contributed by atoms with E-state index in [4.69, 9.17) is 9.26 Å².